The molecule has 1 aromatic heterocycles. The van der Waals surface area contributed by atoms with Crippen LogP contribution in [0.15, 0.2) is 42.6 Å². The maximum absolute atomic E-state index is 14.2. The molecule has 3 heterocycles. The van der Waals surface area contributed by atoms with Gasteiger partial charge in [0.05, 0.1) is 36.2 Å². The van der Waals surface area contributed by atoms with Gasteiger partial charge in [-0.1, -0.05) is 23.4 Å². The van der Waals surface area contributed by atoms with Crippen molar-refractivity contribution in [2.75, 3.05) is 32.5 Å². The zero-order valence-electron chi connectivity index (χ0n) is 23.0. The van der Waals surface area contributed by atoms with E-state index in [4.69, 9.17) is 0 Å². The highest BCUT2D eigenvalue weighted by Gasteiger charge is 2.53. The first kappa shape index (κ1) is 31.7. The average molecular weight is 635 g/mol. The van der Waals surface area contributed by atoms with Crippen molar-refractivity contribution in [1.82, 2.24) is 19.9 Å². The van der Waals surface area contributed by atoms with Crippen LogP contribution in [0.1, 0.15) is 35.3 Å². The molecule has 43 heavy (non-hydrogen) atoms. The molecule has 6 atom stereocenters. The van der Waals surface area contributed by atoms with Crippen LogP contribution < -0.4 is 0 Å². The van der Waals surface area contributed by atoms with Gasteiger partial charge in [0.1, 0.15) is 11.7 Å². The lowest BCUT2D eigenvalue weighted by Crippen LogP contribution is -2.54. The molecule has 236 valence electrons. The molecule has 2 aromatic carbocycles. The molecule has 0 aliphatic carbocycles. The summed E-state index contributed by atoms with van der Waals surface area (Å²) in [5.74, 6) is -4.73. The highest BCUT2D eigenvalue weighted by Crippen LogP contribution is 2.60. The van der Waals surface area contributed by atoms with E-state index in [9.17, 15) is 46.8 Å². The summed E-state index contributed by atoms with van der Waals surface area (Å²) in [4.78, 5) is 1.94. The van der Waals surface area contributed by atoms with Crippen molar-refractivity contribution < 1.29 is 46.8 Å². The van der Waals surface area contributed by atoms with E-state index >= 15 is 0 Å². The van der Waals surface area contributed by atoms with E-state index in [-0.39, 0.29) is 35.4 Å². The second-order valence-corrected chi connectivity index (χ2v) is 13.8. The number of aliphatic hydroxyl groups excluding tert-OH is 3. The standard InChI is InChI=1S/C28H32F6N4O4S/c1-37-8-6-27(42,7-9-37)26(16-4-2-3-5-17(16)28(32,33)34)43-14-21(40)24(25(41)22(43)13-39)38-12-20(35-36-38)15-10-18(29)23(31)19(30)11-15/h2-5,10-12,21-22,24-26,39-43H,6-9,13-14H2,1H3/t21-,22+,24-,25-,26?/m0/s1. The number of benzene rings is 2. The third kappa shape index (κ3) is 6.02. The number of alkyl halides is 3. The van der Waals surface area contributed by atoms with Gasteiger partial charge in [0.2, 0.25) is 0 Å². The summed E-state index contributed by atoms with van der Waals surface area (Å²) in [5.41, 5.74) is -2.96. The number of piperidine rings is 1. The van der Waals surface area contributed by atoms with Gasteiger partial charge in [-0.3, -0.25) is 0 Å². The van der Waals surface area contributed by atoms with Gasteiger partial charge in [-0.2, -0.15) is 13.2 Å². The largest absolute Gasteiger partial charge is 0.416 e. The molecule has 3 aromatic rings. The fourth-order valence-corrected chi connectivity index (χ4v) is 10.0. The monoisotopic (exact) mass is 634 g/mol. The van der Waals surface area contributed by atoms with Crippen LogP contribution in [0.25, 0.3) is 11.3 Å². The molecule has 0 amide bonds. The van der Waals surface area contributed by atoms with E-state index in [1.54, 1.807) is 0 Å². The van der Waals surface area contributed by atoms with Gasteiger partial charge in [0.15, 0.2) is 17.5 Å². The van der Waals surface area contributed by atoms with Crippen LogP contribution in [0.5, 0.6) is 0 Å². The van der Waals surface area contributed by atoms with Crippen molar-refractivity contribution in [1.29, 1.82) is 0 Å². The highest BCUT2D eigenvalue weighted by molar-refractivity contribution is 8.18. The smallest absolute Gasteiger partial charge is 0.395 e. The molecule has 4 N–H and O–H groups in total. The number of rotatable bonds is 6. The first-order chi connectivity index (χ1) is 20.2. The molecule has 2 unspecified atom stereocenters. The molecule has 2 fully saturated rings. The van der Waals surface area contributed by atoms with E-state index in [1.807, 2.05) is 11.9 Å². The van der Waals surface area contributed by atoms with Crippen LogP contribution in [0.2, 0.25) is 0 Å². The second-order valence-electron chi connectivity index (χ2n) is 11.2. The van der Waals surface area contributed by atoms with Gasteiger partial charge in [0, 0.05) is 34.9 Å². The molecule has 8 nitrogen and oxygen atoms in total. The third-order valence-corrected chi connectivity index (χ3v) is 12.0. The first-order valence-electron chi connectivity index (χ1n) is 13.6. The summed E-state index contributed by atoms with van der Waals surface area (Å²) in [7, 11) is -0.0567. The Balaban J connectivity index is 1.53. The van der Waals surface area contributed by atoms with Gasteiger partial charge in [-0.15, -0.1) is 5.10 Å². The number of likely N-dealkylation sites (tertiary alicyclic amines) is 1. The van der Waals surface area contributed by atoms with E-state index in [0.29, 0.717) is 25.2 Å². The minimum Gasteiger partial charge on any atom is -0.395 e. The number of halogens is 6. The number of hydrogen-bond donors (Lipinski definition) is 5. The van der Waals surface area contributed by atoms with Gasteiger partial charge < -0.3 is 25.3 Å². The second kappa shape index (κ2) is 12.0. The molecule has 5 rings (SSSR count). The minimum atomic E-state index is -4.74. The molecule has 15 heteroatoms. The first-order valence-corrected chi connectivity index (χ1v) is 15.3. The zero-order chi connectivity index (χ0) is 31.3. The summed E-state index contributed by atoms with van der Waals surface area (Å²) in [5, 5.41) is 50.8. The maximum atomic E-state index is 14.2. The molecule has 0 spiro atoms. The average Bonchev–Trinajstić information content (AvgIpc) is 3.43. The molecular weight excluding hydrogens is 602 g/mol. The Bertz CT molecular complexity index is 1430. The number of aromatic nitrogens is 3. The van der Waals surface area contributed by atoms with Crippen molar-refractivity contribution in [3.63, 3.8) is 0 Å². The summed E-state index contributed by atoms with van der Waals surface area (Å²) in [6.07, 6.45) is -6.23. The lowest BCUT2D eigenvalue weighted by Gasteiger charge is -2.53. The van der Waals surface area contributed by atoms with Crippen LogP contribution in [-0.2, 0) is 6.18 Å². The number of aliphatic hydroxyl groups is 4. The summed E-state index contributed by atoms with van der Waals surface area (Å²) in [6.45, 7) is 0.162. The van der Waals surface area contributed by atoms with Crippen LogP contribution in [0, 0.1) is 17.5 Å². The predicted octanol–water partition coefficient (Wildman–Crippen LogP) is 3.22. The SMILES string of the molecule is CN1CCC(O)(C(c2ccccc2C(F)(F)F)[SH]2C[C@H](O)[C@H](n3cc(-c4cc(F)c(F)c(F)c4)nn3)[C@@H](O)[C@H]2CO)CC1. The number of nitrogens with zero attached hydrogens (tertiary/aromatic N) is 4. The minimum absolute atomic E-state index is 0.0943. The Kier molecular flexibility index (Phi) is 8.86. The van der Waals surface area contributed by atoms with Crippen LogP contribution >= 0.6 is 10.9 Å². The van der Waals surface area contributed by atoms with Gasteiger partial charge in [-0.25, -0.2) is 28.7 Å². The lowest BCUT2D eigenvalue weighted by atomic mass is 9.83. The number of hydrogen-bond acceptors (Lipinski definition) is 7. The van der Waals surface area contributed by atoms with E-state index in [1.165, 1.54) is 24.4 Å². The van der Waals surface area contributed by atoms with E-state index in [0.717, 1.165) is 10.7 Å². The molecule has 0 radical (unpaired) electrons. The third-order valence-electron chi connectivity index (χ3n) is 8.50. The van der Waals surface area contributed by atoms with Gasteiger partial charge >= 0.3 is 6.18 Å². The Morgan fingerprint density at radius 3 is 2.30 bits per heavy atom. The molecule has 0 saturated carbocycles. The van der Waals surface area contributed by atoms with E-state index in [2.05, 4.69) is 10.3 Å². The Morgan fingerprint density at radius 2 is 1.70 bits per heavy atom. The summed E-state index contributed by atoms with van der Waals surface area (Å²) >= 11 is 0. The summed E-state index contributed by atoms with van der Waals surface area (Å²) < 4.78 is 84.8. The van der Waals surface area contributed by atoms with Gasteiger partial charge in [-0.05, 0) is 43.7 Å². The summed E-state index contributed by atoms with van der Waals surface area (Å²) in [6, 6.07) is 5.11. The Hall–Kier alpha value is -2.69. The number of thiol groups is 1. The molecular formula is C28H32F6N4O4S. The molecule has 2 saturated heterocycles. The van der Waals surface area contributed by atoms with Crippen molar-refractivity contribution in [2.45, 2.75) is 53.4 Å². The fraction of sp³-hybridized carbons (Fsp3) is 0.500. The van der Waals surface area contributed by atoms with Crippen molar-refractivity contribution in [3.05, 3.63) is 71.2 Å². The normalized spacial score (nSPS) is 28.1. The van der Waals surface area contributed by atoms with Crippen LogP contribution in [0.3, 0.4) is 0 Å². The van der Waals surface area contributed by atoms with Gasteiger partial charge in [0.25, 0.3) is 0 Å². The van der Waals surface area contributed by atoms with E-state index < -0.39 is 81.0 Å². The molecule has 2 aliphatic rings. The Labute approximate surface area is 245 Å². The van der Waals surface area contributed by atoms with Crippen molar-refractivity contribution in [3.8, 4) is 11.3 Å². The van der Waals surface area contributed by atoms with Crippen LogP contribution in [-0.4, -0.2) is 95.9 Å². The quantitative estimate of drug-likeness (QED) is 0.161. The fourth-order valence-electron chi connectivity index (χ4n) is 6.26. The molecule has 0 bridgehead atoms. The zero-order valence-corrected chi connectivity index (χ0v) is 23.9. The lowest BCUT2D eigenvalue weighted by molar-refractivity contribution is -0.138. The Morgan fingerprint density at radius 1 is 1.07 bits per heavy atom. The predicted molar refractivity (Wildman–Crippen MR) is 147 cm³/mol. The maximum Gasteiger partial charge on any atom is 0.416 e. The highest BCUT2D eigenvalue weighted by atomic mass is 32.2. The van der Waals surface area contributed by atoms with Crippen LogP contribution in [0.4, 0.5) is 26.3 Å². The van der Waals surface area contributed by atoms with Crippen molar-refractivity contribution in [2.24, 2.45) is 0 Å². The molecule has 2 aliphatic heterocycles. The topological polar surface area (TPSA) is 115 Å². The van der Waals surface area contributed by atoms with Crippen molar-refractivity contribution >= 4 is 10.9 Å².